The number of hydrogen-bond donors (Lipinski definition) is 0. The molecule has 0 spiro atoms. The van der Waals surface area contributed by atoms with Crippen molar-refractivity contribution in [2.75, 3.05) is 11.9 Å². The van der Waals surface area contributed by atoms with Crippen LogP contribution < -0.4 is 4.90 Å². The van der Waals surface area contributed by atoms with Gasteiger partial charge in [0, 0.05) is 7.05 Å². The first kappa shape index (κ1) is 12.6. The number of nitrogens with zero attached hydrogens (tertiary/aromatic N) is 1. The lowest BCUT2D eigenvalue weighted by atomic mass is 10.2. The highest BCUT2D eigenvalue weighted by atomic mass is 32.2. The molecule has 2 rings (SSSR count). The number of benzene rings is 1. The van der Waals surface area contributed by atoms with Crippen LogP contribution in [-0.4, -0.2) is 15.5 Å². The molecule has 1 aromatic carbocycles. The van der Waals surface area contributed by atoms with E-state index in [1.54, 1.807) is 43.4 Å². The van der Waals surface area contributed by atoms with Crippen LogP contribution in [0.4, 0.5) is 5.69 Å². The number of likely N-dealkylation sites (N-methyl/N-ethyl adjacent to an activating group) is 1. The average Bonchev–Trinajstić information content (AvgIpc) is 2.37. The van der Waals surface area contributed by atoms with Gasteiger partial charge in [0.1, 0.15) is 0 Å². The molecule has 18 heavy (non-hydrogen) atoms. The average molecular weight is 261 g/mol. The number of allylic oxidation sites excluding steroid dienone is 4. The first-order valence-electron chi connectivity index (χ1n) is 5.58. The topological polar surface area (TPSA) is 37.4 Å². The van der Waals surface area contributed by atoms with E-state index in [-0.39, 0.29) is 0 Å². The summed E-state index contributed by atoms with van der Waals surface area (Å²) in [5.41, 5.74) is 1.38. The maximum absolute atomic E-state index is 12.4. The zero-order valence-electron chi connectivity index (χ0n) is 10.4. The molecular formula is C14H15NO2S. The molecule has 94 valence electrons. The van der Waals surface area contributed by atoms with Crippen molar-refractivity contribution in [3.63, 3.8) is 0 Å². The van der Waals surface area contributed by atoms with Crippen LogP contribution in [0.3, 0.4) is 0 Å². The Morgan fingerprint density at radius 1 is 1.28 bits per heavy atom. The molecule has 0 unspecified atom stereocenters. The lowest BCUT2D eigenvalue weighted by Crippen LogP contribution is -2.26. The van der Waals surface area contributed by atoms with Crippen LogP contribution in [0.5, 0.6) is 0 Å². The molecule has 0 bridgehead atoms. The van der Waals surface area contributed by atoms with Crippen molar-refractivity contribution in [2.24, 2.45) is 0 Å². The van der Waals surface area contributed by atoms with Gasteiger partial charge in [-0.05, 0) is 25.1 Å². The van der Waals surface area contributed by atoms with E-state index in [1.807, 2.05) is 18.0 Å². The van der Waals surface area contributed by atoms with Crippen molar-refractivity contribution in [1.82, 2.24) is 0 Å². The minimum Gasteiger partial charge on any atom is -0.343 e. The van der Waals surface area contributed by atoms with E-state index >= 15 is 0 Å². The monoisotopic (exact) mass is 261 g/mol. The van der Waals surface area contributed by atoms with Gasteiger partial charge in [0.2, 0.25) is 9.84 Å². The van der Waals surface area contributed by atoms with E-state index in [0.717, 1.165) is 0 Å². The van der Waals surface area contributed by atoms with E-state index in [1.165, 1.54) is 0 Å². The Hall–Kier alpha value is -1.81. The Bertz CT molecular complexity index is 654. The van der Waals surface area contributed by atoms with Gasteiger partial charge in [-0.1, -0.05) is 30.9 Å². The maximum atomic E-state index is 12.4. The molecule has 0 aromatic heterocycles. The fourth-order valence-corrected chi connectivity index (χ4v) is 3.57. The first-order chi connectivity index (χ1) is 8.50. The summed E-state index contributed by atoms with van der Waals surface area (Å²) < 4.78 is 24.8. The van der Waals surface area contributed by atoms with Crippen LogP contribution in [-0.2, 0) is 9.84 Å². The van der Waals surface area contributed by atoms with Gasteiger partial charge in [-0.3, -0.25) is 0 Å². The second-order valence-corrected chi connectivity index (χ2v) is 6.13. The Kier molecular flexibility index (Phi) is 3.13. The molecule has 0 aliphatic carbocycles. The molecule has 0 N–H and O–H groups in total. The van der Waals surface area contributed by atoms with Gasteiger partial charge in [0.25, 0.3) is 0 Å². The number of sulfone groups is 1. The summed E-state index contributed by atoms with van der Waals surface area (Å²) in [5.74, 6) is 0. The van der Waals surface area contributed by atoms with E-state index < -0.39 is 9.84 Å². The third-order valence-corrected chi connectivity index (χ3v) is 4.97. The van der Waals surface area contributed by atoms with Crippen molar-refractivity contribution in [2.45, 2.75) is 11.8 Å². The Balaban J connectivity index is 2.73. The fourth-order valence-electron chi connectivity index (χ4n) is 2.02. The van der Waals surface area contributed by atoms with Gasteiger partial charge in [0.05, 0.1) is 21.2 Å². The Morgan fingerprint density at radius 3 is 2.61 bits per heavy atom. The van der Waals surface area contributed by atoms with E-state index in [4.69, 9.17) is 0 Å². The van der Waals surface area contributed by atoms with Crippen LogP contribution >= 0.6 is 0 Å². The molecule has 3 nitrogen and oxygen atoms in total. The van der Waals surface area contributed by atoms with Crippen LogP contribution in [0.15, 0.2) is 64.6 Å². The highest BCUT2D eigenvalue weighted by Crippen LogP contribution is 2.37. The molecule has 4 heteroatoms. The highest BCUT2D eigenvalue weighted by molar-refractivity contribution is 7.95. The molecule has 0 saturated heterocycles. The number of hydrogen-bond acceptors (Lipinski definition) is 3. The van der Waals surface area contributed by atoms with E-state index in [2.05, 4.69) is 6.58 Å². The van der Waals surface area contributed by atoms with Crippen molar-refractivity contribution >= 4 is 15.5 Å². The van der Waals surface area contributed by atoms with Gasteiger partial charge in [-0.2, -0.15) is 0 Å². The molecule has 1 aliphatic rings. The van der Waals surface area contributed by atoms with Gasteiger partial charge in [-0.15, -0.1) is 0 Å². The maximum Gasteiger partial charge on any atom is 0.206 e. The Morgan fingerprint density at radius 2 is 1.94 bits per heavy atom. The molecule has 1 heterocycles. The van der Waals surface area contributed by atoms with Crippen molar-refractivity contribution in [3.8, 4) is 0 Å². The summed E-state index contributed by atoms with van der Waals surface area (Å²) in [5, 5.41) is 0. The summed E-state index contributed by atoms with van der Waals surface area (Å²) >= 11 is 0. The molecule has 1 aliphatic heterocycles. The molecule has 0 fully saturated rings. The van der Waals surface area contributed by atoms with Gasteiger partial charge < -0.3 is 4.90 Å². The first-order valence-corrected chi connectivity index (χ1v) is 7.06. The summed E-state index contributed by atoms with van der Waals surface area (Å²) in [4.78, 5) is 2.61. The summed E-state index contributed by atoms with van der Waals surface area (Å²) in [6, 6.07) is 7.02. The van der Waals surface area contributed by atoms with Crippen molar-refractivity contribution in [3.05, 3.63) is 59.7 Å². The normalized spacial score (nSPS) is 18.0. The molecule has 0 amide bonds. The summed E-state index contributed by atoms with van der Waals surface area (Å²) in [7, 11) is -1.52. The molecular weight excluding hydrogens is 246 g/mol. The van der Waals surface area contributed by atoms with Crippen LogP contribution in [0.1, 0.15) is 6.92 Å². The van der Waals surface area contributed by atoms with Gasteiger partial charge in [-0.25, -0.2) is 8.42 Å². The smallest absolute Gasteiger partial charge is 0.206 e. The predicted molar refractivity (Wildman–Crippen MR) is 74.1 cm³/mol. The van der Waals surface area contributed by atoms with Crippen LogP contribution in [0, 0.1) is 0 Å². The summed E-state index contributed by atoms with van der Waals surface area (Å²) in [6.45, 7) is 5.23. The largest absolute Gasteiger partial charge is 0.343 e. The fraction of sp³-hybridized carbons (Fsp3) is 0.143. The van der Waals surface area contributed by atoms with Crippen molar-refractivity contribution < 1.29 is 8.42 Å². The van der Waals surface area contributed by atoms with Crippen molar-refractivity contribution in [1.29, 1.82) is 0 Å². The minimum atomic E-state index is -3.38. The van der Waals surface area contributed by atoms with Gasteiger partial charge >= 0.3 is 0 Å². The molecule has 1 aromatic rings. The SMILES string of the molecule is C=C/C=C\C1=C(C)S(=O)(=O)c2ccccc2N1C. The molecule has 0 atom stereocenters. The quantitative estimate of drug-likeness (QED) is 0.768. The third kappa shape index (κ3) is 1.78. The third-order valence-electron chi connectivity index (χ3n) is 3.03. The van der Waals surface area contributed by atoms with E-state index in [9.17, 15) is 8.42 Å². The molecule has 0 radical (unpaired) electrons. The lowest BCUT2D eigenvalue weighted by Gasteiger charge is -2.29. The molecule has 0 saturated carbocycles. The second kappa shape index (κ2) is 4.46. The number of para-hydroxylation sites is 1. The summed E-state index contributed by atoms with van der Waals surface area (Å²) in [6.07, 6.45) is 5.12. The second-order valence-electron chi connectivity index (χ2n) is 4.07. The lowest BCUT2D eigenvalue weighted by molar-refractivity contribution is 0.600. The van der Waals surface area contributed by atoms with Crippen LogP contribution in [0.2, 0.25) is 0 Å². The number of rotatable bonds is 2. The number of fused-ring (bicyclic) bond motifs is 1. The minimum absolute atomic E-state index is 0.362. The number of anilines is 1. The standard InChI is InChI=1S/C14H15NO2S/c1-4-5-8-12-11(2)18(16,17)14-10-7-6-9-13(14)15(12)3/h4-10H,1H2,2-3H3/b8-5-. The van der Waals surface area contributed by atoms with E-state index in [0.29, 0.717) is 21.2 Å². The highest BCUT2D eigenvalue weighted by Gasteiger charge is 2.30. The van der Waals surface area contributed by atoms with Gasteiger partial charge in [0.15, 0.2) is 0 Å². The van der Waals surface area contributed by atoms with Crippen LogP contribution in [0.25, 0.3) is 0 Å². The Labute approximate surface area is 108 Å². The zero-order chi connectivity index (χ0) is 13.3. The zero-order valence-corrected chi connectivity index (χ0v) is 11.2. The predicted octanol–water partition coefficient (Wildman–Crippen LogP) is 2.88.